The van der Waals surface area contributed by atoms with Crippen LogP contribution in [0.4, 0.5) is 0 Å². The highest BCUT2D eigenvalue weighted by Gasteiger charge is 2.14. The lowest BCUT2D eigenvalue weighted by molar-refractivity contribution is -0.121. The third-order valence-corrected chi connectivity index (χ3v) is 3.78. The van der Waals surface area contributed by atoms with Crippen molar-refractivity contribution in [3.63, 3.8) is 0 Å². The predicted octanol–water partition coefficient (Wildman–Crippen LogP) is 2.52. The van der Waals surface area contributed by atoms with E-state index in [1.54, 1.807) is 0 Å². The van der Waals surface area contributed by atoms with Crippen LogP contribution in [0, 0.1) is 0 Å². The molecule has 1 aromatic rings. The van der Waals surface area contributed by atoms with Gasteiger partial charge in [0, 0.05) is 13.0 Å². The van der Waals surface area contributed by atoms with E-state index in [0.29, 0.717) is 19.4 Å². The molecule has 1 aromatic carbocycles. The average Bonchev–Trinajstić information content (AvgIpc) is 2.44. The van der Waals surface area contributed by atoms with Gasteiger partial charge in [0.2, 0.25) is 5.91 Å². The van der Waals surface area contributed by atoms with Gasteiger partial charge in [0.15, 0.2) is 0 Å². The van der Waals surface area contributed by atoms with Crippen LogP contribution in [0.2, 0.25) is 0 Å². The van der Waals surface area contributed by atoms with Crippen molar-refractivity contribution in [2.75, 3.05) is 6.54 Å². The Morgan fingerprint density at radius 1 is 1.32 bits per heavy atom. The first-order valence-corrected chi connectivity index (χ1v) is 7.27. The first-order chi connectivity index (χ1) is 9.20. The van der Waals surface area contributed by atoms with Crippen LogP contribution in [0.25, 0.3) is 0 Å². The van der Waals surface area contributed by atoms with Gasteiger partial charge >= 0.3 is 0 Å². The molecule has 0 fully saturated rings. The Morgan fingerprint density at radius 3 is 2.79 bits per heavy atom. The van der Waals surface area contributed by atoms with Crippen molar-refractivity contribution in [2.24, 2.45) is 0 Å². The van der Waals surface area contributed by atoms with Crippen molar-refractivity contribution in [2.45, 2.75) is 51.6 Å². The minimum atomic E-state index is -0.533. The number of aryl methyl sites for hydroxylation is 2. The molecule has 2 N–H and O–H groups in total. The van der Waals surface area contributed by atoms with Gasteiger partial charge in [-0.2, -0.15) is 0 Å². The predicted molar refractivity (Wildman–Crippen MR) is 76.0 cm³/mol. The van der Waals surface area contributed by atoms with Gasteiger partial charge in [-0.25, -0.2) is 0 Å². The summed E-state index contributed by atoms with van der Waals surface area (Å²) in [7, 11) is 0. The lowest BCUT2D eigenvalue weighted by Crippen LogP contribution is -2.22. The summed E-state index contributed by atoms with van der Waals surface area (Å²) in [6.07, 6.45) is 5.13. The molecule has 0 saturated heterocycles. The van der Waals surface area contributed by atoms with Crippen molar-refractivity contribution >= 4 is 5.91 Å². The van der Waals surface area contributed by atoms with Crippen molar-refractivity contribution < 1.29 is 9.90 Å². The number of aliphatic hydroxyl groups is 1. The van der Waals surface area contributed by atoms with Gasteiger partial charge in [0.1, 0.15) is 0 Å². The zero-order chi connectivity index (χ0) is 13.7. The lowest BCUT2D eigenvalue weighted by atomic mass is 9.89. The van der Waals surface area contributed by atoms with E-state index in [9.17, 15) is 9.90 Å². The van der Waals surface area contributed by atoms with Gasteiger partial charge in [-0.15, -0.1) is 0 Å². The molecule has 0 bridgehead atoms. The lowest BCUT2D eigenvalue weighted by Gasteiger charge is -2.18. The Bertz CT molecular complexity index is 442. The Labute approximate surface area is 115 Å². The summed E-state index contributed by atoms with van der Waals surface area (Å²) >= 11 is 0. The molecule has 0 aromatic heterocycles. The SMILES string of the molecule is CCNC(=O)CCC(O)c1ccc2c(c1)CCCC2. The van der Waals surface area contributed by atoms with E-state index in [4.69, 9.17) is 0 Å². The number of fused-ring (bicyclic) bond motifs is 1. The van der Waals surface area contributed by atoms with Gasteiger partial charge in [-0.05, 0) is 55.7 Å². The number of nitrogens with one attached hydrogen (secondary N) is 1. The second-order valence-electron chi connectivity index (χ2n) is 5.24. The molecule has 2 rings (SSSR count). The molecule has 1 atom stereocenters. The van der Waals surface area contributed by atoms with Crippen molar-refractivity contribution in [3.05, 3.63) is 34.9 Å². The van der Waals surface area contributed by atoms with Gasteiger partial charge in [0.25, 0.3) is 0 Å². The zero-order valence-corrected chi connectivity index (χ0v) is 11.6. The fourth-order valence-electron chi connectivity index (χ4n) is 2.68. The highest BCUT2D eigenvalue weighted by atomic mass is 16.3. The van der Waals surface area contributed by atoms with Crippen molar-refractivity contribution in [3.8, 4) is 0 Å². The Balaban J connectivity index is 1.95. The van der Waals surface area contributed by atoms with E-state index < -0.39 is 6.10 Å². The fraction of sp³-hybridized carbons (Fsp3) is 0.562. The van der Waals surface area contributed by atoms with Crippen LogP contribution in [-0.2, 0) is 17.6 Å². The molecule has 1 amide bonds. The summed E-state index contributed by atoms with van der Waals surface area (Å²) in [6, 6.07) is 6.27. The quantitative estimate of drug-likeness (QED) is 0.855. The van der Waals surface area contributed by atoms with E-state index in [1.807, 2.05) is 13.0 Å². The van der Waals surface area contributed by atoms with Crippen molar-refractivity contribution in [1.29, 1.82) is 0 Å². The highest BCUT2D eigenvalue weighted by molar-refractivity contribution is 5.75. The highest BCUT2D eigenvalue weighted by Crippen LogP contribution is 2.26. The van der Waals surface area contributed by atoms with Crippen LogP contribution in [0.5, 0.6) is 0 Å². The van der Waals surface area contributed by atoms with Crippen LogP contribution in [0.1, 0.15) is 55.4 Å². The van der Waals surface area contributed by atoms with Crippen LogP contribution in [-0.4, -0.2) is 17.6 Å². The van der Waals surface area contributed by atoms with Crippen LogP contribution in [0.3, 0.4) is 0 Å². The number of rotatable bonds is 5. The average molecular weight is 261 g/mol. The van der Waals surface area contributed by atoms with Gasteiger partial charge in [-0.1, -0.05) is 18.2 Å². The molecule has 19 heavy (non-hydrogen) atoms. The van der Waals surface area contributed by atoms with E-state index in [-0.39, 0.29) is 5.91 Å². The van der Waals surface area contributed by atoms with Gasteiger partial charge in [0.05, 0.1) is 6.10 Å². The monoisotopic (exact) mass is 261 g/mol. The standard InChI is InChI=1S/C16H23NO2/c1-2-17-16(19)10-9-15(18)14-8-7-12-5-3-4-6-13(12)11-14/h7-8,11,15,18H,2-6,9-10H2,1H3,(H,17,19). The summed E-state index contributed by atoms with van der Waals surface area (Å²) in [5.41, 5.74) is 3.75. The maximum atomic E-state index is 11.4. The molecule has 1 aliphatic rings. The molecule has 0 aliphatic heterocycles. The number of carbonyl (C=O) groups excluding carboxylic acids is 1. The molecule has 104 valence electrons. The minimum absolute atomic E-state index is 0.0134. The smallest absolute Gasteiger partial charge is 0.220 e. The second kappa shape index (κ2) is 6.71. The van der Waals surface area contributed by atoms with Crippen LogP contribution < -0.4 is 5.32 Å². The van der Waals surface area contributed by atoms with Gasteiger partial charge in [-0.3, -0.25) is 4.79 Å². The molecular weight excluding hydrogens is 238 g/mol. The fourth-order valence-corrected chi connectivity index (χ4v) is 2.68. The number of benzene rings is 1. The minimum Gasteiger partial charge on any atom is -0.388 e. The van der Waals surface area contributed by atoms with E-state index in [2.05, 4.69) is 17.4 Å². The maximum absolute atomic E-state index is 11.4. The number of amides is 1. The molecular formula is C16H23NO2. The van der Waals surface area contributed by atoms with E-state index in [0.717, 1.165) is 18.4 Å². The first kappa shape index (κ1) is 14.1. The summed E-state index contributed by atoms with van der Waals surface area (Å²) in [5, 5.41) is 12.9. The molecule has 0 spiro atoms. The summed E-state index contributed by atoms with van der Waals surface area (Å²) in [5.74, 6) is 0.0134. The molecule has 1 unspecified atom stereocenters. The summed E-state index contributed by atoms with van der Waals surface area (Å²) in [6.45, 7) is 2.55. The largest absolute Gasteiger partial charge is 0.388 e. The summed E-state index contributed by atoms with van der Waals surface area (Å²) < 4.78 is 0. The molecule has 0 saturated carbocycles. The molecule has 0 radical (unpaired) electrons. The topological polar surface area (TPSA) is 49.3 Å². The van der Waals surface area contributed by atoms with Crippen LogP contribution in [0.15, 0.2) is 18.2 Å². The number of aliphatic hydroxyl groups excluding tert-OH is 1. The maximum Gasteiger partial charge on any atom is 0.220 e. The zero-order valence-electron chi connectivity index (χ0n) is 11.6. The number of carbonyl (C=O) groups is 1. The third-order valence-electron chi connectivity index (χ3n) is 3.78. The molecule has 0 heterocycles. The Kier molecular flexibility index (Phi) is 4.97. The molecule has 3 nitrogen and oxygen atoms in total. The number of hydrogen-bond acceptors (Lipinski definition) is 2. The third kappa shape index (κ3) is 3.80. The van der Waals surface area contributed by atoms with E-state index >= 15 is 0 Å². The Hall–Kier alpha value is -1.35. The van der Waals surface area contributed by atoms with Crippen molar-refractivity contribution in [1.82, 2.24) is 5.32 Å². The number of hydrogen-bond donors (Lipinski definition) is 2. The molecule has 3 heteroatoms. The Morgan fingerprint density at radius 2 is 2.05 bits per heavy atom. The van der Waals surface area contributed by atoms with Gasteiger partial charge < -0.3 is 10.4 Å². The normalized spacial score (nSPS) is 15.7. The molecule has 1 aliphatic carbocycles. The van der Waals surface area contributed by atoms with Crippen LogP contribution >= 0.6 is 0 Å². The van der Waals surface area contributed by atoms with E-state index in [1.165, 1.54) is 24.0 Å². The summed E-state index contributed by atoms with van der Waals surface area (Å²) in [4.78, 5) is 11.4. The first-order valence-electron chi connectivity index (χ1n) is 7.27. The second-order valence-corrected chi connectivity index (χ2v) is 5.24.